The largest absolute Gasteiger partial charge is 0.466 e. The van der Waals surface area contributed by atoms with Crippen molar-refractivity contribution >= 4 is 57.9 Å². The minimum Gasteiger partial charge on any atom is -0.466 e. The average molecular weight is 531 g/mol. The summed E-state index contributed by atoms with van der Waals surface area (Å²) in [6.45, 7) is 1.75. The van der Waals surface area contributed by atoms with Crippen molar-refractivity contribution in [2.75, 3.05) is 7.11 Å². The number of rotatable bonds is 4. The Morgan fingerprint density at radius 1 is 1.21 bits per heavy atom. The van der Waals surface area contributed by atoms with Crippen molar-refractivity contribution in [1.29, 1.82) is 0 Å². The van der Waals surface area contributed by atoms with Gasteiger partial charge in [0.15, 0.2) is 4.80 Å². The van der Waals surface area contributed by atoms with E-state index in [4.69, 9.17) is 32.4 Å². The first-order chi connectivity index (χ1) is 16.4. The molecule has 1 aliphatic rings. The minimum atomic E-state index is -0.603. The Hall–Kier alpha value is -2.91. The highest BCUT2D eigenvalue weighted by molar-refractivity contribution is 7.10. The second-order valence-electron chi connectivity index (χ2n) is 7.42. The molecule has 1 aromatic carbocycles. The molecule has 4 aromatic rings. The summed E-state index contributed by atoms with van der Waals surface area (Å²) in [5.74, 6) is 0.590. The first-order valence-corrected chi connectivity index (χ1v) is 12.5. The zero-order chi connectivity index (χ0) is 24.0. The lowest BCUT2D eigenvalue weighted by Gasteiger charge is -2.22. The van der Waals surface area contributed by atoms with Crippen molar-refractivity contribution in [3.63, 3.8) is 0 Å². The topological polar surface area (TPSA) is 73.8 Å². The number of aromatic nitrogens is 1. The van der Waals surface area contributed by atoms with E-state index in [0.29, 0.717) is 42.2 Å². The molecule has 5 rings (SSSR count). The third-order valence-corrected chi connectivity index (χ3v) is 7.99. The number of hydrogen-bond donors (Lipinski definition) is 0. The lowest BCUT2D eigenvalue weighted by molar-refractivity contribution is -0.136. The monoisotopic (exact) mass is 530 g/mol. The van der Waals surface area contributed by atoms with Crippen molar-refractivity contribution in [2.45, 2.75) is 13.0 Å². The van der Waals surface area contributed by atoms with Gasteiger partial charge in [-0.05, 0) is 48.7 Å². The third kappa shape index (κ3) is 3.96. The van der Waals surface area contributed by atoms with E-state index >= 15 is 0 Å². The van der Waals surface area contributed by atoms with Gasteiger partial charge in [0.25, 0.3) is 5.56 Å². The number of methoxy groups -OCH3 is 1. The molecule has 1 aliphatic heterocycles. The number of thiazole rings is 1. The summed E-state index contributed by atoms with van der Waals surface area (Å²) in [6.07, 6.45) is 1.67. The van der Waals surface area contributed by atoms with Gasteiger partial charge < -0.3 is 9.15 Å². The standard InChI is InChI=1S/C24H16Cl2N2O4S2/c1-12-20(23(30)31-2)21(18-4-3-9-33-18)28-22(29)19(34-24(28)27-12)11-14-6-8-17(32-14)13-5-7-15(25)16(26)10-13/h3-11,21H,1-2H3/b19-11+/t21-/m1/s1. The summed E-state index contributed by atoms with van der Waals surface area (Å²) in [5, 5.41) is 2.79. The maximum absolute atomic E-state index is 13.5. The fourth-order valence-electron chi connectivity index (χ4n) is 3.77. The molecule has 0 N–H and O–H groups in total. The van der Waals surface area contributed by atoms with Crippen LogP contribution in [0.15, 0.2) is 73.3 Å². The average Bonchev–Trinajstić information content (AvgIpc) is 3.56. The summed E-state index contributed by atoms with van der Waals surface area (Å²) in [6, 6.07) is 12.0. The van der Waals surface area contributed by atoms with Gasteiger partial charge in [0, 0.05) is 16.5 Å². The van der Waals surface area contributed by atoms with Gasteiger partial charge in [-0.25, -0.2) is 9.79 Å². The SMILES string of the molecule is COC(=O)C1=C(C)N=c2s/c(=C/c3ccc(-c4ccc(Cl)c(Cl)c4)o3)c(=O)n2[C@@H]1c1cccs1. The van der Waals surface area contributed by atoms with Gasteiger partial charge in [0.2, 0.25) is 0 Å². The molecule has 34 heavy (non-hydrogen) atoms. The second kappa shape index (κ2) is 9.03. The molecule has 172 valence electrons. The zero-order valence-corrected chi connectivity index (χ0v) is 21.0. The van der Waals surface area contributed by atoms with Gasteiger partial charge in [-0.15, -0.1) is 11.3 Å². The first-order valence-electron chi connectivity index (χ1n) is 10.1. The molecule has 3 aromatic heterocycles. The van der Waals surface area contributed by atoms with Crippen LogP contribution >= 0.6 is 45.9 Å². The van der Waals surface area contributed by atoms with Crippen LogP contribution in [0, 0.1) is 0 Å². The quantitative estimate of drug-likeness (QED) is 0.346. The summed E-state index contributed by atoms with van der Waals surface area (Å²) in [4.78, 5) is 32.0. The van der Waals surface area contributed by atoms with Crippen LogP contribution in [-0.2, 0) is 9.53 Å². The number of thiophene rings is 1. The Kier molecular flexibility index (Phi) is 6.07. The molecule has 10 heteroatoms. The molecule has 0 radical (unpaired) electrons. The number of allylic oxidation sites excluding steroid dienone is 1. The predicted octanol–water partition coefficient (Wildman–Crippen LogP) is 5.04. The van der Waals surface area contributed by atoms with Crippen LogP contribution in [0.5, 0.6) is 0 Å². The van der Waals surface area contributed by atoms with Crippen LogP contribution in [0.2, 0.25) is 10.0 Å². The number of fused-ring (bicyclic) bond motifs is 1. The smallest absolute Gasteiger partial charge is 0.338 e. The third-order valence-electron chi connectivity index (χ3n) is 5.34. The van der Waals surface area contributed by atoms with E-state index in [0.717, 1.165) is 10.4 Å². The Balaban J connectivity index is 1.62. The van der Waals surface area contributed by atoms with E-state index in [1.54, 1.807) is 41.8 Å². The number of esters is 1. The molecule has 0 fully saturated rings. The van der Waals surface area contributed by atoms with Gasteiger partial charge in [-0.1, -0.05) is 40.6 Å². The second-order valence-corrected chi connectivity index (χ2v) is 10.2. The van der Waals surface area contributed by atoms with Crippen LogP contribution < -0.4 is 14.9 Å². The van der Waals surface area contributed by atoms with Gasteiger partial charge in [0.05, 0.1) is 33.0 Å². The van der Waals surface area contributed by atoms with Crippen molar-refractivity contribution in [1.82, 2.24) is 4.57 Å². The van der Waals surface area contributed by atoms with E-state index in [1.807, 2.05) is 23.6 Å². The van der Waals surface area contributed by atoms with E-state index in [2.05, 4.69) is 4.99 Å². The van der Waals surface area contributed by atoms with Gasteiger partial charge in [-0.2, -0.15) is 0 Å². The Bertz CT molecular complexity index is 1630. The van der Waals surface area contributed by atoms with Gasteiger partial charge in [0.1, 0.15) is 17.6 Å². The number of carbonyl (C=O) groups is 1. The molecule has 0 bridgehead atoms. The van der Waals surface area contributed by atoms with Crippen LogP contribution in [0.1, 0.15) is 23.6 Å². The number of hydrogen-bond acceptors (Lipinski definition) is 7. The van der Waals surface area contributed by atoms with Crippen molar-refractivity contribution in [3.05, 3.63) is 99.5 Å². The van der Waals surface area contributed by atoms with Crippen LogP contribution in [0.4, 0.5) is 0 Å². The molecule has 0 unspecified atom stereocenters. The molecule has 4 heterocycles. The molecule has 0 aliphatic carbocycles. The summed E-state index contributed by atoms with van der Waals surface area (Å²) < 4.78 is 12.9. The fraction of sp³-hybridized carbons (Fsp3) is 0.125. The van der Waals surface area contributed by atoms with E-state index < -0.39 is 12.0 Å². The van der Waals surface area contributed by atoms with Crippen LogP contribution in [-0.4, -0.2) is 17.6 Å². The number of halogens is 2. The molecule has 0 saturated carbocycles. The maximum atomic E-state index is 13.5. The van der Waals surface area contributed by atoms with Crippen molar-refractivity contribution in [3.8, 4) is 11.3 Å². The number of benzene rings is 1. The lowest BCUT2D eigenvalue weighted by atomic mass is 10.0. The van der Waals surface area contributed by atoms with Crippen molar-refractivity contribution < 1.29 is 13.9 Å². The van der Waals surface area contributed by atoms with E-state index in [9.17, 15) is 9.59 Å². The lowest BCUT2D eigenvalue weighted by Crippen LogP contribution is -2.39. The predicted molar refractivity (Wildman–Crippen MR) is 134 cm³/mol. The Morgan fingerprint density at radius 3 is 2.74 bits per heavy atom. The van der Waals surface area contributed by atoms with E-state index in [1.165, 1.54) is 29.8 Å². The molecule has 0 spiro atoms. The summed E-state index contributed by atoms with van der Waals surface area (Å²) >= 11 is 14.8. The highest BCUT2D eigenvalue weighted by atomic mass is 35.5. The van der Waals surface area contributed by atoms with Crippen LogP contribution in [0.3, 0.4) is 0 Å². The number of nitrogens with zero attached hydrogens (tertiary/aromatic N) is 2. The molecule has 1 atom stereocenters. The fourth-order valence-corrected chi connectivity index (χ4v) is 5.92. The Labute approximate surface area is 211 Å². The summed E-state index contributed by atoms with van der Waals surface area (Å²) in [7, 11) is 1.32. The van der Waals surface area contributed by atoms with Crippen LogP contribution in [0.25, 0.3) is 17.4 Å². The van der Waals surface area contributed by atoms with Gasteiger partial charge >= 0.3 is 5.97 Å². The molecular formula is C24H16Cl2N2O4S2. The minimum absolute atomic E-state index is 0.261. The number of furan rings is 1. The molecule has 6 nitrogen and oxygen atoms in total. The molecule has 0 saturated heterocycles. The maximum Gasteiger partial charge on any atom is 0.338 e. The number of carbonyl (C=O) groups excluding carboxylic acids is 1. The van der Waals surface area contributed by atoms with Crippen molar-refractivity contribution in [2.24, 2.45) is 4.99 Å². The molecule has 0 amide bonds. The normalized spacial score (nSPS) is 15.9. The highest BCUT2D eigenvalue weighted by Crippen LogP contribution is 2.33. The Morgan fingerprint density at radius 2 is 2.03 bits per heavy atom. The van der Waals surface area contributed by atoms with Gasteiger partial charge in [-0.3, -0.25) is 9.36 Å². The molecular weight excluding hydrogens is 515 g/mol. The highest BCUT2D eigenvalue weighted by Gasteiger charge is 2.33. The summed E-state index contributed by atoms with van der Waals surface area (Å²) in [5.41, 5.74) is 1.39. The first kappa shape index (κ1) is 22.9. The van der Waals surface area contributed by atoms with E-state index in [-0.39, 0.29) is 5.56 Å². The number of ether oxygens (including phenoxy) is 1. The zero-order valence-electron chi connectivity index (χ0n) is 17.9.